The Morgan fingerprint density at radius 1 is 0.604 bits per heavy atom. The molecule has 2 fully saturated rings. The van der Waals surface area contributed by atoms with Gasteiger partial charge in [-0.05, 0) is 105 Å². The zero-order valence-corrected chi connectivity index (χ0v) is 29.8. The van der Waals surface area contributed by atoms with Crippen LogP contribution in [0.4, 0.5) is 37.1 Å². The van der Waals surface area contributed by atoms with E-state index >= 15 is 0 Å². The quantitative estimate of drug-likeness (QED) is 0.180. The third kappa shape index (κ3) is 8.76. The number of nitrogens with one attached hydrogen (secondary N) is 4. The average molecular weight is 669 g/mol. The molecule has 0 atom stereocenters. The monoisotopic (exact) mass is 668 g/mol. The Morgan fingerprint density at radius 3 is 1.23 bits per heavy atom. The van der Waals surface area contributed by atoms with E-state index in [1.807, 2.05) is 69.2 Å². The van der Waals surface area contributed by atoms with Gasteiger partial charge in [0.1, 0.15) is 12.2 Å². The van der Waals surface area contributed by atoms with Gasteiger partial charge in [0.2, 0.25) is 0 Å². The molecule has 0 unspecified atom stereocenters. The Hall–Kier alpha value is -3.91. The predicted molar refractivity (Wildman–Crippen MR) is 185 cm³/mol. The lowest BCUT2D eigenvalue weighted by molar-refractivity contribution is -0.256. The van der Waals surface area contributed by atoms with E-state index in [2.05, 4.69) is 21.3 Å². The highest BCUT2D eigenvalue weighted by Crippen LogP contribution is 2.39. The van der Waals surface area contributed by atoms with Crippen LogP contribution >= 0.6 is 0 Å². The summed E-state index contributed by atoms with van der Waals surface area (Å²) in [5, 5.41) is 34.9. The van der Waals surface area contributed by atoms with Crippen LogP contribution in [0.3, 0.4) is 0 Å². The van der Waals surface area contributed by atoms with E-state index in [0.29, 0.717) is 48.4 Å². The minimum absolute atomic E-state index is 0.388. The lowest BCUT2D eigenvalue weighted by atomic mass is 9.80. The standard InChI is InChI=1S/C35H52N6O7/c1-21-11-13-23(36-30(43)47-25-17-32(3,4)40(45)33(5,6)18-25)15-27(21)38-29(42)39-28-16-24(14-12-22(28)2)37-31(44)48-26-19-34(7,8)41(46)35(9,10)20-26/h11-16,25-26,45-46H,17-20H2,1-10H3,(H,36,43)(H,37,44)(H2,38,39,42). The van der Waals surface area contributed by atoms with Gasteiger partial charge in [0.25, 0.3) is 0 Å². The molecule has 2 aromatic carbocycles. The van der Waals surface area contributed by atoms with Gasteiger partial charge in [-0.3, -0.25) is 10.6 Å². The Morgan fingerprint density at radius 2 is 0.917 bits per heavy atom. The largest absolute Gasteiger partial charge is 0.446 e. The topological polar surface area (TPSA) is 165 Å². The summed E-state index contributed by atoms with van der Waals surface area (Å²) in [6.45, 7) is 18.9. The fourth-order valence-corrected chi connectivity index (χ4v) is 7.07. The number of rotatable bonds is 6. The summed E-state index contributed by atoms with van der Waals surface area (Å²) in [6.07, 6.45) is -0.136. The highest BCUT2D eigenvalue weighted by atomic mass is 16.6. The van der Waals surface area contributed by atoms with E-state index in [1.165, 1.54) is 10.1 Å². The van der Waals surface area contributed by atoms with Gasteiger partial charge in [0, 0.05) is 70.6 Å². The molecule has 13 heteroatoms. The number of hydroxylamine groups is 4. The second kappa shape index (κ2) is 13.5. The minimum atomic E-state index is -0.623. The Bertz CT molecular complexity index is 1390. The van der Waals surface area contributed by atoms with Gasteiger partial charge in [-0.2, -0.15) is 10.1 Å². The number of hydrogen-bond acceptors (Lipinski definition) is 9. The smallest absolute Gasteiger partial charge is 0.411 e. The first-order valence-corrected chi connectivity index (χ1v) is 16.3. The molecule has 0 aromatic heterocycles. The SMILES string of the molecule is Cc1ccc(NC(=O)OC2CC(C)(C)N(O)C(C)(C)C2)cc1NC(=O)Nc1cc(NC(=O)OC2CC(C)(C)N(O)C(C)(C)C2)ccc1C. The van der Waals surface area contributed by atoms with Crippen molar-refractivity contribution in [3.8, 4) is 0 Å². The van der Waals surface area contributed by atoms with Gasteiger partial charge in [-0.15, -0.1) is 0 Å². The second-order valence-electron chi connectivity index (χ2n) is 15.6. The van der Waals surface area contributed by atoms with E-state index < -0.39 is 40.4 Å². The van der Waals surface area contributed by atoms with Gasteiger partial charge in [0.15, 0.2) is 0 Å². The zero-order valence-electron chi connectivity index (χ0n) is 29.8. The van der Waals surface area contributed by atoms with Crippen LogP contribution in [-0.4, -0.2) is 73.1 Å². The molecule has 4 rings (SSSR count). The normalized spacial score (nSPS) is 20.8. The molecule has 0 aliphatic carbocycles. The molecule has 2 aliphatic rings. The van der Waals surface area contributed by atoms with E-state index in [4.69, 9.17) is 9.47 Å². The van der Waals surface area contributed by atoms with Crippen molar-refractivity contribution in [2.24, 2.45) is 0 Å². The van der Waals surface area contributed by atoms with Crippen LogP contribution in [0.1, 0.15) is 92.2 Å². The Labute approximate surface area is 283 Å². The molecular weight excluding hydrogens is 616 g/mol. The van der Waals surface area contributed by atoms with Crippen LogP contribution in [0.15, 0.2) is 36.4 Å². The fourth-order valence-electron chi connectivity index (χ4n) is 7.07. The lowest BCUT2D eigenvalue weighted by Crippen LogP contribution is -2.60. The van der Waals surface area contributed by atoms with Gasteiger partial charge in [-0.1, -0.05) is 12.1 Å². The number of urea groups is 1. The summed E-state index contributed by atoms with van der Waals surface area (Å²) in [5.41, 5.74) is 1.14. The predicted octanol–water partition coefficient (Wildman–Crippen LogP) is 7.87. The summed E-state index contributed by atoms with van der Waals surface area (Å²) in [7, 11) is 0. The van der Waals surface area contributed by atoms with Crippen molar-refractivity contribution in [1.82, 2.24) is 10.1 Å². The zero-order chi connectivity index (χ0) is 35.8. The van der Waals surface area contributed by atoms with Gasteiger partial charge >= 0.3 is 18.2 Å². The number of benzene rings is 2. The molecule has 0 bridgehead atoms. The van der Waals surface area contributed by atoms with Crippen molar-refractivity contribution >= 4 is 41.0 Å². The van der Waals surface area contributed by atoms with Gasteiger partial charge < -0.3 is 30.5 Å². The summed E-state index contributed by atoms with van der Waals surface area (Å²) in [4.78, 5) is 38.7. The van der Waals surface area contributed by atoms with E-state index in [-0.39, 0.29) is 12.2 Å². The Kier molecular flexibility index (Phi) is 10.4. The molecule has 48 heavy (non-hydrogen) atoms. The maximum atomic E-state index is 13.1. The van der Waals surface area contributed by atoms with Crippen LogP contribution in [0.5, 0.6) is 0 Å². The number of aryl methyl sites for hydroxylation is 2. The molecule has 2 aliphatic heterocycles. The van der Waals surface area contributed by atoms with Crippen LogP contribution < -0.4 is 21.3 Å². The van der Waals surface area contributed by atoms with Crippen molar-refractivity contribution in [3.63, 3.8) is 0 Å². The second-order valence-corrected chi connectivity index (χ2v) is 15.6. The van der Waals surface area contributed by atoms with E-state index in [0.717, 1.165) is 11.1 Å². The van der Waals surface area contributed by atoms with Gasteiger partial charge in [-0.25, -0.2) is 14.4 Å². The number of hydrogen-bond donors (Lipinski definition) is 6. The molecule has 4 amide bonds. The third-order valence-electron chi connectivity index (χ3n) is 9.21. The third-order valence-corrected chi connectivity index (χ3v) is 9.21. The number of carbonyl (C=O) groups excluding carboxylic acids is 3. The van der Waals surface area contributed by atoms with Crippen LogP contribution in [0.2, 0.25) is 0 Å². The summed E-state index contributed by atoms with van der Waals surface area (Å²) in [5.74, 6) is 0. The summed E-state index contributed by atoms with van der Waals surface area (Å²) in [6, 6.07) is 9.76. The number of carbonyl (C=O) groups is 3. The maximum absolute atomic E-state index is 13.1. The first-order valence-electron chi connectivity index (χ1n) is 16.3. The average Bonchev–Trinajstić information content (AvgIpc) is 2.93. The molecule has 0 spiro atoms. The van der Waals surface area contributed by atoms with Crippen molar-refractivity contribution in [3.05, 3.63) is 47.5 Å². The molecule has 2 heterocycles. The van der Waals surface area contributed by atoms with E-state index in [1.54, 1.807) is 36.4 Å². The number of amides is 4. The number of piperidine rings is 2. The highest BCUT2D eigenvalue weighted by Gasteiger charge is 2.47. The minimum Gasteiger partial charge on any atom is -0.446 e. The van der Waals surface area contributed by atoms with Crippen LogP contribution in [0.25, 0.3) is 0 Å². The molecular formula is C35H52N6O7. The lowest BCUT2D eigenvalue weighted by Gasteiger charge is -2.50. The van der Waals surface area contributed by atoms with Crippen LogP contribution in [-0.2, 0) is 9.47 Å². The highest BCUT2D eigenvalue weighted by molar-refractivity contribution is 6.02. The molecule has 0 saturated carbocycles. The van der Waals surface area contributed by atoms with Crippen molar-refractivity contribution in [2.45, 2.75) is 129 Å². The van der Waals surface area contributed by atoms with Crippen molar-refractivity contribution in [2.75, 3.05) is 21.3 Å². The fraction of sp³-hybridized carbons (Fsp3) is 0.571. The molecule has 264 valence electrons. The first-order chi connectivity index (χ1) is 22.1. The molecule has 2 aromatic rings. The summed E-state index contributed by atoms with van der Waals surface area (Å²) < 4.78 is 11.4. The molecule has 6 N–H and O–H groups in total. The Balaban J connectivity index is 1.35. The molecule has 13 nitrogen and oxygen atoms in total. The van der Waals surface area contributed by atoms with Crippen molar-refractivity contribution < 1.29 is 34.3 Å². The number of anilines is 4. The molecule has 0 radical (unpaired) electrons. The maximum Gasteiger partial charge on any atom is 0.411 e. The van der Waals surface area contributed by atoms with E-state index in [9.17, 15) is 24.8 Å². The number of nitrogens with zero attached hydrogens (tertiary/aromatic N) is 2. The number of ether oxygens (including phenoxy) is 2. The summed E-state index contributed by atoms with van der Waals surface area (Å²) >= 11 is 0. The molecule has 2 saturated heterocycles. The van der Waals surface area contributed by atoms with Gasteiger partial charge in [0.05, 0.1) is 0 Å². The van der Waals surface area contributed by atoms with Crippen LogP contribution in [0, 0.1) is 13.8 Å². The van der Waals surface area contributed by atoms with Crippen molar-refractivity contribution in [1.29, 1.82) is 0 Å². The first kappa shape index (κ1) is 36.9.